The van der Waals surface area contributed by atoms with Gasteiger partial charge in [0.15, 0.2) is 5.78 Å². The highest BCUT2D eigenvalue weighted by molar-refractivity contribution is 6.04. The number of carbonyl (C=O) groups excluding carboxylic acids is 1. The zero-order valence-electron chi connectivity index (χ0n) is 10.1. The Labute approximate surface area is 105 Å². The van der Waals surface area contributed by atoms with Gasteiger partial charge in [0, 0.05) is 11.5 Å². The molecule has 3 nitrogen and oxygen atoms in total. The van der Waals surface area contributed by atoms with E-state index in [0.29, 0.717) is 24.8 Å². The van der Waals surface area contributed by atoms with E-state index in [2.05, 4.69) is 0 Å². The van der Waals surface area contributed by atoms with Crippen molar-refractivity contribution in [1.82, 2.24) is 0 Å². The molecular weight excluding hydrogens is 235 g/mol. The molecule has 4 heteroatoms. The molecule has 0 saturated carbocycles. The molecule has 0 bridgehead atoms. The van der Waals surface area contributed by atoms with Crippen molar-refractivity contribution >= 4 is 11.8 Å². The summed E-state index contributed by atoms with van der Waals surface area (Å²) in [5.74, 6) is -2.84. The number of halogens is 1. The Hall–Kier alpha value is -1.71. The van der Waals surface area contributed by atoms with E-state index in [9.17, 15) is 19.1 Å². The van der Waals surface area contributed by atoms with Gasteiger partial charge >= 0.3 is 5.97 Å². The average Bonchev–Trinajstić information content (AvgIpc) is 2.63. The summed E-state index contributed by atoms with van der Waals surface area (Å²) in [5.41, 5.74) is 1.11. The first kappa shape index (κ1) is 12.7. The summed E-state index contributed by atoms with van der Waals surface area (Å²) >= 11 is 0. The number of carboxylic acid groups (broad SMARTS) is 1. The van der Waals surface area contributed by atoms with Crippen molar-refractivity contribution in [3.05, 3.63) is 35.1 Å². The molecule has 96 valence electrons. The van der Waals surface area contributed by atoms with Crippen LogP contribution in [0.1, 0.15) is 35.7 Å². The molecule has 1 aliphatic rings. The van der Waals surface area contributed by atoms with E-state index in [-0.39, 0.29) is 5.78 Å². The second kappa shape index (κ2) is 4.88. The highest BCUT2D eigenvalue weighted by Gasteiger charge is 2.39. The Kier molecular flexibility index (Phi) is 3.45. The van der Waals surface area contributed by atoms with Crippen molar-refractivity contribution in [3.8, 4) is 0 Å². The van der Waals surface area contributed by atoms with Gasteiger partial charge in [-0.15, -0.1) is 0 Å². The first-order valence-corrected chi connectivity index (χ1v) is 6.10. The molecule has 2 atom stereocenters. The predicted octanol–water partition coefficient (Wildman–Crippen LogP) is 2.68. The number of carboxylic acids is 1. The Morgan fingerprint density at radius 1 is 1.56 bits per heavy atom. The number of hydrogen-bond acceptors (Lipinski definition) is 2. The van der Waals surface area contributed by atoms with Gasteiger partial charge in [-0.05, 0) is 30.5 Å². The van der Waals surface area contributed by atoms with E-state index in [1.807, 2.05) is 6.92 Å². The predicted molar refractivity (Wildman–Crippen MR) is 64.0 cm³/mol. The molecule has 18 heavy (non-hydrogen) atoms. The second-order valence-corrected chi connectivity index (χ2v) is 4.71. The first-order chi connectivity index (χ1) is 8.54. The number of ketones is 1. The number of hydrogen-bond donors (Lipinski definition) is 1. The van der Waals surface area contributed by atoms with Crippen molar-refractivity contribution in [2.75, 3.05) is 0 Å². The lowest BCUT2D eigenvalue weighted by atomic mass is 9.86. The van der Waals surface area contributed by atoms with Crippen molar-refractivity contribution in [2.45, 2.75) is 26.2 Å². The Bertz CT molecular complexity index is 496. The highest BCUT2D eigenvalue weighted by atomic mass is 19.1. The molecule has 1 N–H and O–H groups in total. The Morgan fingerprint density at radius 2 is 2.28 bits per heavy atom. The van der Waals surface area contributed by atoms with E-state index in [0.717, 1.165) is 5.56 Å². The molecule has 2 rings (SSSR count). The van der Waals surface area contributed by atoms with Gasteiger partial charge in [-0.2, -0.15) is 0 Å². The number of benzene rings is 1. The topological polar surface area (TPSA) is 54.4 Å². The summed E-state index contributed by atoms with van der Waals surface area (Å²) in [4.78, 5) is 23.4. The Morgan fingerprint density at radius 3 is 2.89 bits per heavy atom. The maximum Gasteiger partial charge on any atom is 0.307 e. The largest absolute Gasteiger partial charge is 0.481 e. The van der Waals surface area contributed by atoms with Crippen LogP contribution in [0.3, 0.4) is 0 Å². The van der Waals surface area contributed by atoms with Crippen molar-refractivity contribution in [1.29, 1.82) is 0 Å². The minimum Gasteiger partial charge on any atom is -0.481 e. The molecular formula is C14H15FO3. The summed E-state index contributed by atoms with van der Waals surface area (Å²) in [5, 5.41) is 9.19. The fraction of sp³-hybridized carbons (Fsp3) is 0.429. The Balaban J connectivity index is 2.30. The number of rotatable bonds is 4. The summed E-state index contributed by atoms with van der Waals surface area (Å²) in [6.07, 6.45) is 1.60. The zero-order chi connectivity index (χ0) is 13.3. The standard InChI is InChI=1S/C14H15FO3/c1-2-3-10(14(17)18)12-6-8-4-5-9(15)7-11(8)13(12)16/h4-5,7,10,12H,2-3,6H2,1H3,(H,17,18). The van der Waals surface area contributed by atoms with E-state index < -0.39 is 23.6 Å². The van der Waals surface area contributed by atoms with Gasteiger partial charge in [-0.3, -0.25) is 9.59 Å². The van der Waals surface area contributed by atoms with Gasteiger partial charge < -0.3 is 5.11 Å². The van der Waals surface area contributed by atoms with Crippen LogP contribution in [0.5, 0.6) is 0 Å². The summed E-state index contributed by atoms with van der Waals surface area (Å²) in [6.45, 7) is 1.89. The SMILES string of the molecule is CCCC(C(=O)O)C1Cc2ccc(F)cc2C1=O. The minimum absolute atomic E-state index is 0.231. The number of fused-ring (bicyclic) bond motifs is 1. The molecule has 1 aromatic rings. The number of Topliss-reactive ketones (excluding diaryl/α,β-unsaturated/α-hetero) is 1. The normalized spacial score (nSPS) is 19.7. The molecule has 1 aromatic carbocycles. The van der Waals surface area contributed by atoms with E-state index in [4.69, 9.17) is 0 Å². The maximum atomic E-state index is 13.1. The van der Waals surface area contributed by atoms with Crippen molar-refractivity contribution in [2.24, 2.45) is 11.8 Å². The van der Waals surface area contributed by atoms with Gasteiger partial charge in [0.25, 0.3) is 0 Å². The summed E-state index contributed by atoms with van der Waals surface area (Å²) < 4.78 is 13.1. The van der Waals surface area contributed by atoms with Gasteiger partial charge in [-0.25, -0.2) is 4.39 Å². The fourth-order valence-corrected chi connectivity index (χ4v) is 2.62. The highest BCUT2D eigenvalue weighted by Crippen LogP contribution is 2.34. The lowest BCUT2D eigenvalue weighted by Gasteiger charge is -2.16. The van der Waals surface area contributed by atoms with Crippen LogP contribution in [0.4, 0.5) is 4.39 Å². The molecule has 0 fully saturated rings. The van der Waals surface area contributed by atoms with Gasteiger partial charge in [0.2, 0.25) is 0 Å². The van der Waals surface area contributed by atoms with Crippen LogP contribution in [-0.2, 0) is 11.2 Å². The van der Waals surface area contributed by atoms with Crippen LogP contribution in [0, 0.1) is 17.7 Å². The molecule has 0 spiro atoms. The molecule has 0 amide bonds. The van der Waals surface area contributed by atoms with Gasteiger partial charge in [-0.1, -0.05) is 19.4 Å². The number of carbonyl (C=O) groups is 2. The maximum absolute atomic E-state index is 13.1. The van der Waals surface area contributed by atoms with Crippen molar-refractivity contribution in [3.63, 3.8) is 0 Å². The molecule has 0 heterocycles. The van der Waals surface area contributed by atoms with E-state index >= 15 is 0 Å². The lowest BCUT2D eigenvalue weighted by molar-refractivity contribution is -0.143. The van der Waals surface area contributed by atoms with Crippen LogP contribution in [0.25, 0.3) is 0 Å². The number of aliphatic carboxylic acids is 1. The fourth-order valence-electron chi connectivity index (χ4n) is 2.62. The van der Waals surface area contributed by atoms with Crippen LogP contribution >= 0.6 is 0 Å². The minimum atomic E-state index is -0.941. The monoisotopic (exact) mass is 250 g/mol. The average molecular weight is 250 g/mol. The molecule has 0 saturated heterocycles. The summed E-state index contributed by atoms with van der Waals surface area (Å²) in [6, 6.07) is 4.10. The van der Waals surface area contributed by atoms with Crippen LogP contribution < -0.4 is 0 Å². The second-order valence-electron chi connectivity index (χ2n) is 4.71. The quantitative estimate of drug-likeness (QED) is 0.893. The molecule has 2 unspecified atom stereocenters. The lowest BCUT2D eigenvalue weighted by Crippen LogP contribution is -2.27. The van der Waals surface area contributed by atoms with Gasteiger partial charge in [0.05, 0.1) is 5.92 Å². The molecule has 0 aliphatic heterocycles. The van der Waals surface area contributed by atoms with Crippen LogP contribution in [0.15, 0.2) is 18.2 Å². The van der Waals surface area contributed by atoms with Crippen LogP contribution in [-0.4, -0.2) is 16.9 Å². The third-order valence-electron chi connectivity index (χ3n) is 3.52. The molecule has 1 aliphatic carbocycles. The van der Waals surface area contributed by atoms with E-state index in [1.54, 1.807) is 6.07 Å². The van der Waals surface area contributed by atoms with E-state index in [1.165, 1.54) is 12.1 Å². The third-order valence-corrected chi connectivity index (χ3v) is 3.52. The third kappa shape index (κ3) is 2.15. The smallest absolute Gasteiger partial charge is 0.307 e. The van der Waals surface area contributed by atoms with Crippen molar-refractivity contribution < 1.29 is 19.1 Å². The first-order valence-electron chi connectivity index (χ1n) is 6.10. The van der Waals surface area contributed by atoms with Crippen LogP contribution in [0.2, 0.25) is 0 Å². The molecule has 0 aromatic heterocycles. The molecule has 0 radical (unpaired) electrons. The zero-order valence-corrected chi connectivity index (χ0v) is 10.1. The summed E-state index contributed by atoms with van der Waals surface area (Å²) in [7, 11) is 0. The van der Waals surface area contributed by atoms with Gasteiger partial charge in [0.1, 0.15) is 5.82 Å².